The Hall–Kier alpha value is -0.940. The molecule has 15 heavy (non-hydrogen) atoms. The third-order valence-corrected chi connectivity index (χ3v) is 2.65. The van der Waals surface area contributed by atoms with Gasteiger partial charge >= 0.3 is 0 Å². The molecule has 5 nitrogen and oxygen atoms in total. The average Bonchev–Trinajstić information content (AvgIpc) is 2.66. The number of ether oxygens (including phenoxy) is 1. The summed E-state index contributed by atoms with van der Waals surface area (Å²) in [4.78, 5) is 4.19. The van der Waals surface area contributed by atoms with E-state index in [-0.39, 0.29) is 0 Å². The van der Waals surface area contributed by atoms with Crippen molar-refractivity contribution in [2.75, 3.05) is 19.8 Å². The molecule has 0 saturated carbocycles. The first-order valence-corrected chi connectivity index (χ1v) is 5.50. The molecule has 0 radical (unpaired) electrons. The quantitative estimate of drug-likeness (QED) is 0.767. The van der Waals surface area contributed by atoms with Gasteiger partial charge in [0.25, 0.3) is 0 Å². The van der Waals surface area contributed by atoms with Crippen molar-refractivity contribution in [3.63, 3.8) is 0 Å². The SMILES string of the molecule is Cn1cnc(CCNC2CCOCC2)n1. The summed E-state index contributed by atoms with van der Waals surface area (Å²) in [7, 11) is 1.89. The van der Waals surface area contributed by atoms with Crippen molar-refractivity contribution in [1.29, 1.82) is 0 Å². The van der Waals surface area contributed by atoms with Gasteiger partial charge in [0.2, 0.25) is 0 Å². The molecule has 2 heterocycles. The minimum absolute atomic E-state index is 0.613. The standard InChI is InChI=1S/C10H18N4O/c1-14-8-12-10(13-14)2-5-11-9-3-6-15-7-4-9/h8-9,11H,2-7H2,1H3. The molecule has 0 spiro atoms. The zero-order valence-electron chi connectivity index (χ0n) is 9.15. The Kier molecular flexibility index (Phi) is 3.69. The Balaban J connectivity index is 1.65. The second kappa shape index (κ2) is 5.23. The summed E-state index contributed by atoms with van der Waals surface area (Å²) < 4.78 is 7.04. The summed E-state index contributed by atoms with van der Waals surface area (Å²) >= 11 is 0. The van der Waals surface area contributed by atoms with Crippen molar-refractivity contribution >= 4 is 0 Å². The molecule has 1 N–H and O–H groups in total. The first-order valence-electron chi connectivity index (χ1n) is 5.50. The normalized spacial score (nSPS) is 18.2. The first kappa shape index (κ1) is 10.6. The van der Waals surface area contributed by atoms with Crippen molar-refractivity contribution in [2.24, 2.45) is 7.05 Å². The maximum absolute atomic E-state index is 5.30. The van der Waals surface area contributed by atoms with Crippen LogP contribution in [0.2, 0.25) is 0 Å². The van der Waals surface area contributed by atoms with Crippen molar-refractivity contribution in [2.45, 2.75) is 25.3 Å². The van der Waals surface area contributed by atoms with Gasteiger partial charge in [0.15, 0.2) is 5.82 Å². The molecule has 0 amide bonds. The first-order chi connectivity index (χ1) is 7.34. The van der Waals surface area contributed by atoms with E-state index in [1.165, 1.54) is 0 Å². The number of nitrogens with zero attached hydrogens (tertiary/aromatic N) is 3. The van der Waals surface area contributed by atoms with Crippen molar-refractivity contribution in [3.8, 4) is 0 Å². The predicted octanol–water partition coefficient (Wildman–Crippen LogP) is 0.126. The van der Waals surface area contributed by atoms with Gasteiger partial charge in [-0.25, -0.2) is 4.98 Å². The van der Waals surface area contributed by atoms with Crippen LogP contribution in [0.15, 0.2) is 6.33 Å². The van der Waals surface area contributed by atoms with Crippen LogP contribution in [0.5, 0.6) is 0 Å². The Morgan fingerprint density at radius 3 is 3.00 bits per heavy atom. The van der Waals surface area contributed by atoms with Crippen LogP contribution in [-0.2, 0) is 18.2 Å². The summed E-state index contributed by atoms with van der Waals surface area (Å²) in [6.45, 7) is 2.73. The largest absolute Gasteiger partial charge is 0.381 e. The highest BCUT2D eigenvalue weighted by Crippen LogP contribution is 2.05. The summed E-state index contributed by atoms with van der Waals surface area (Å²) in [6.07, 6.45) is 4.88. The molecule has 84 valence electrons. The molecule has 0 unspecified atom stereocenters. The van der Waals surface area contributed by atoms with Gasteiger partial charge in [-0.3, -0.25) is 4.68 Å². The van der Waals surface area contributed by atoms with Crippen LogP contribution in [0.4, 0.5) is 0 Å². The highest BCUT2D eigenvalue weighted by molar-refractivity contribution is 4.83. The highest BCUT2D eigenvalue weighted by atomic mass is 16.5. The Bertz CT molecular complexity index is 293. The van der Waals surface area contributed by atoms with Gasteiger partial charge in [0.1, 0.15) is 6.33 Å². The number of rotatable bonds is 4. The fourth-order valence-electron chi connectivity index (χ4n) is 1.79. The van der Waals surface area contributed by atoms with Crippen molar-refractivity contribution < 1.29 is 4.74 Å². The van der Waals surface area contributed by atoms with Crippen molar-refractivity contribution in [3.05, 3.63) is 12.2 Å². The van der Waals surface area contributed by atoms with Crippen LogP contribution >= 0.6 is 0 Å². The number of aryl methyl sites for hydroxylation is 1. The lowest BCUT2D eigenvalue weighted by Crippen LogP contribution is -2.36. The molecule has 1 aromatic heterocycles. The smallest absolute Gasteiger partial charge is 0.151 e. The van der Waals surface area contributed by atoms with Gasteiger partial charge in [-0.15, -0.1) is 0 Å². The Morgan fingerprint density at radius 1 is 1.53 bits per heavy atom. The predicted molar refractivity (Wildman–Crippen MR) is 56.6 cm³/mol. The van der Waals surface area contributed by atoms with Gasteiger partial charge in [-0.05, 0) is 12.8 Å². The lowest BCUT2D eigenvalue weighted by atomic mass is 10.1. The number of aromatic nitrogens is 3. The lowest BCUT2D eigenvalue weighted by molar-refractivity contribution is 0.0782. The summed E-state index contributed by atoms with van der Waals surface area (Å²) in [5.74, 6) is 0.914. The highest BCUT2D eigenvalue weighted by Gasteiger charge is 2.12. The zero-order valence-corrected chi connectivity index (χ0v) is 9.15. The summed E-state index contributed by atoms with van der Waals surface area (Å²) in [5.41, 5.74) is 0. The van der Waals surface area contributed by atoms with Crippen LogP contribution in [0, 0.1) is 0 Å². The maximum atomic E-state index is 5.30. The summed E-state index contributed by atoms with van der Waals surface area (Å²) in [6, 6.07) is 0.613. The number of hydrogen-bond donors (Lipinski definition) is 1. The second-order valence-corrected chi connectivity index (χ2v) is 3.93. The molecule has 5 heteroatoms. The van der Waals surface area contributed by atoms with Crippen LogP contribution in [-0.4, -0.2) is 40.6 Å². The molecule has 0 atom stereocenters. The molecule has 2 rings (SSSR count). The van der Waals surface area contributed by atoms with Gasteiger partial charge in [0, 0.05) is 39.3 Å². The van der Waals surface area contributed by atoms with E-state index in [0.29, 0.717) is 6.04 Å². The third-order valence-electron chi connectivity index (χ3n) is 2.65. The molecular weight excluding hydrogens is 192 g/mol. The molecule has 0 aromatic carbocycles. The Morgan fingerprint density at radius 2 is 2.33 bits per heavy atom. The van der Waals surface area contributed by atoms with Crippen LogP contribution in [0.3, 0.4) is 0 Å². The molecule has 0 bridgehead atoms. The maximum Gasteiger partial charge on any atom is 0.151 e. The third kappa shape index (κ3) is 3.28. The van der Waals surface area contributed by atoms with Crippen LogP contribution in [0.1, 0.15) is 18.7 Å². The molecule has 1 fully saturated rings. The van der Waals surface area contributed by atoms with Gasteiger partial charge in [-0.1, -0.05) is 0 Å². The summed E-state index contributed by atoms with van der Waals surface area (Å²) in [5, 5.41) is 7.74. The monoisotopic (exact) mass is 210 g/mol. The van der Waals surface area contributed by atoms with E-state index in [9.17, 15) is 0 Å². The molecule has 1 saturated heterocycles. The van der Waals surface area contributed by atoms with E-state index in [4.69, 9.17) is 4.74 Å². The van der Waals surface area contributed by atoms with Gasteiger partial charge in [-0.2, -0.15) is 5.10 Å². The average molecular weight is 210 g/mol. The molecule has 1 aliphatic rings. The van der Waals surface area contributed by atoms with Crippen molar-refractivity contribution in [1.82, 2.24) is 20.1 Å². The fourth-order valence-corrected chi connectivity index (χ4v) is 1.79. The Labute approximate surface area is 89.8 Å². The second-order valence-electron chi connectivity index (χ2n) is 3.93. The van der Waals surface area contributed by atoms with Gasteiger partial charge < -0.3 is 10.1 Å². The molecular formula is C10H18N4O. The van der Waals surface area contributed by atoms with E-state index in [1.807, 2.05) is 7.05 Å². The number of nitrogens with one attached hydrogen (secondary N) is 1. The minimum Gasteiger partial charge on any atom is -0.381 e. The van der Waals surface area contributed by atoms with E-state index in [2.05, 4.69) is 15.4 Å². The fraction of sp³-hybridized carbons (Fsp3) is 0.800. The molecule has 1 aromatic rings. The van der Waals surface area contributed by atoms with E-state index in [0.717, 1.165) is 44.8 Å². The van der Waals surface area contributed by atoms with Crippen LogP contribution < -0.4 is 5.32 Å². The van der Waals surface area contributed by atoms with E-state index >= 15 is 0 Å². The molecule has 1 aliphatic heterocycles. The van der Waals surface area contributed by atoms with Crippen LogP contribution in [0.25, 0.3) is 0 Å². The lowest BCUT2D eigenvalue weighted by Gasteiger charge is -2.22. The topological polar surface area (TPSA) is 52.0 Å². The molecule has 0 aliphatic carbocycles. The van der Waals surface area contributed by atoms with E-state index < -0.39 is 0 Å². The number of hydrogen-bond acceptors (Lipinski definition) is 4. The zero-order chi connectivity index (χ0) is 10.5. The van der Waals surface area contributed by atoms with E-state index in [1.54, 1.807) is 11.0 Å². The minimum atomic E-state index is 0.613. The van der Waals surface area contributed by atoms with Gasteiger partial charge in [0.05, 0.1) is 0 Å².